The van der Waals surface area contributed by atoms with E-state index in [1.807, 2.05) is 32.0 Å². The highest BCUT2D eigenvalue weighted by Gasteiger charge is 2.24. The summed E-state index contributed by atoms with van der Waals surface area (Å²) in [7, 11) is 1.55. The zero-order valence-electron chi connectivity index (χ0n) is 15.9. The fraction of sp³-hybridized carbons (Fsp3) is 0.333. The summed E-state index contributed by atoms with van der Waals surface area (Å²) >= 11 is 0. The average molecular weight is 368 g/mol. The van der Waals surface area contributed by atoms with Gasteiger partial charge in [-0.3, -0.25) is 9.59 Å². The summed E-state index contributed by atoms with van der Waals surface area (Å²) in [5.41, 5.74) is 3.46. The van der Waals surface area contributed by atoms with Gasteiger partial charge in [-0.1, -0.05) is 12.1 Å². The fourth-order valence-electron chi connectivity index (χ4n) is 3.10. The molecule has 6 heteroatoms. The molecule has 1 aliphatic heterocycles. The zero-order valence-corrected chi connectivity index (χ0v) is 15.9. The largest absolute Gasteiger partial charge is 0.494 e. The topological polar surface area (TPSA) is 67.9 Å². The Balaban J connectivity index is 1.65. The van der Waals surface area contributed by atoms with Gasteiger partial charge in [0.2, 0.25) is 5.91 Å². The van der Waals surface area contributed by atoms with Gasteiger partial charge in [0.15, 0.2) is 6.61 Å². The SMILES string of the molecule is COc1cc(NC(=O)COc2cccc(C)c2C)ccc1N1CCCC1=O. The maximum absolute atomic E-state index is 12.2. The van der Waals surface area contributed by atoms with Crippen molar-refractivity contribution in [1.29, 1.82) is 0 Å². The van der Waals surface area contributed by atoms with Crippen molar-refractivity contribution in [1.82, 2.24) is 0 Å². The first-order valence-corrected chi connectivity index (χ1v) is 8.97. The van der Waals surface area contributed by atoms with Crippen LogP contribution in [0.3, 0.4) is 0 Å². The highest BCUT2D eigenvalue weighted by atomic mass is 16.5. The molecule has 0 saturated carbocycles. The Hall–Kier alpha value is -3.02. The summed E-state index contributed by atoms with van der Waals surface area (Å²) in [6.45, 7) is 4.57. The fourth-order valence-corrected chi connectivity index (χ4v) is 3.10. The van der Waals surface area contributed by atoms with Crippen LogP contribution in [0.4, 0.5) is 11.4 Å². The van der Waals surface area contributed by atoms with Gasteiger partial charge in [0.25, 0.3) is 5.91 Å². The van der Waals surface area contributed by atoms with E-state index in [0.717, 1.165) is 23.2 Å². The van der Waals surface area contributed by atoms with Gasteiger partial charge in [-0.2, -0.15) is 0 Å². The van der Waals surface area contributed by atoms with Crippen LogP contribution < -0.4 is 19.7 Å². The molecular formula is C21H24N2O4. The van der Waals surface area contributed by atoms with Crippen LogP contribution in [0.5, 0.6) is 11.5 Å². The molecule has 1 fully saturated rings. The summed E-state index contributed by atoms with van der Waals surface area (Å²) in [6, 6.07) is 11.0. The molecule has 0 bridgehead atoms. The summed E-state index contributed by atoms with van der Waals surface area (Å²) in [5, 5.41) is 2.80. The Kier molecular flexibility index (Phi) is 5.64. The lowest BCUT2D eigenvalue weighted by Gasteiger charge is -2.19. The van der Waals surface area contributed by atoms with Crippen molar-refractivity contribution in [3.63, 3.8) is 0 Å². The molecule has 0 aliphatic carbocycles. The predicted molar refractivity (Wildman–Crippen MR) is 105 cm³/mol. The first-order valence-electron chi connectivity index (χ1n) is 8.97. The van der Waals surface area contributed by atoms with Crippen molar-refractivity contribution in [3.05, 3.63) is 47.5 Å². The summed E-state index contributed by atoms with van der Waals surface area (Å²) < 4.78 is 11.0. The molecule has 0 spiro atoms. The number of hydrogen-bond donors (Lipinski definition) is 1. The van der Waals surface area contributed by atoms with E-state index in [1.165, 1.54) is 0 Å². The van der Waals surface area contributed by atoms with Crippen LogP contribution in [0.1, 0.15) is 24.0 Å². The van der Waals surface area contributed by atoms with Crippen LogP contribution in [0.25, 0.3) is 0 Å². The maximum Gasteiger partial charge on any atom is 0.262 e. The van der Waals surface area contributed by atoms with Gasteiger partial charge in [0.1, 0.15) is 11.5 Å². The molecule has 1 saturated heterocycles. The minimum Gasteiger partial charge on any atom is -0.494 e. The van der Waals surface area contributed by atoms with E-state index in [1.54, 1.807) is 30.2 Å². The Labute approximate surface area is 159 Å². The number of methoxy groups -OCH3 is 1. The zero-order chi connectivity index (χ0) is 19.4. The number of amides is 2. The van der Waals surface area contributed by atoms with Crippen molar-refractivity contribution in [3.8, 4) is 11.5 Å². The van der Waals surface area contributed by atoms with Gasteiger partial charge >= 0.3 is 0 Å². The predicted octanol–water partition coefficient (Wildman–Crippen LogP) is 3.46. The van der Waals surface area contributed by atoms with Gasteiger partial charge in [0, 0.05) is 24.7 Å². The molecule has 0 atom stereocenters. The van der Waals surface area contributed by atoms with E-state index in [9.17, 15) is 9.59 Å². The number of carbonyl (C=O) groups excluding carboxylic acids is 2. The number of aryl methyl sites for hydroxylation is 1. The smallest absolute Gasteiger partial charge is 0.262 e. The minimum absolute atomic E-state index is 0.0844. The molecule has 142 valence electrons. The second kappa shape index (κ2) is 8.12. The lowest BCUT2D eigenvalue weighted by Crippen LogP contribution is -2.24. The molecule has 2 amide bonds. The molecule has 2 aromatic rings. The van der Waals surface area contributed by atoms with Crippen molar-refractivity contribution in [2.24, 2.45) is 0 Å². The lowest BCUT2D eigenvalue weighted by atomic mass is 10.1. The maximum atomic E-state index is 12.2. The van der Waals surface area contributed by atoms with Crippen molar-refractivity contribution in [2.75, 3.05) is 30.5 Å². The first-order chi connectivity index (χ1) is 13.0. The number of nitrogens with zero attached hydrogens (tertiary/aromatic N) is 1. The number of ether oxygens (including phenoxy) is 2. The summed E-state index contributed by atoms with van der Waals surface area (Å²) in [4.78, 5) is 25.9. The molecule has 0 aromatic heterocycles. The number of nitrogens with one attached hydrogen (secondary N) is 1. The van der Waals surface area contributed by atoms with Gasteiger partial charge < -0.3 is 19.7 Å². The summed E-state index contributed by atoms with van der Waals surface area (Å²) in [5.74, 6) is 1.08. The van der Waals surface area contributed by atoms with Gasteiger partial charge in [0.05, 0.1) is 12.8 Å². The standard InChI is InChI=1S/C21H24N2O4/c1-14-6-4-7-18(15(14)2)27-13-20(24)22-16-9-10-17(19(12-16)26-3)23-11-5-8-21(23)25/h4,6-7,9-10,12H,5,8,11,13H2,1-3H3,(H,22,24). The van der Waals surface area contributed by atoms with Gasteiger partial charge in [-0.15, -0.1) is 0 Å². The molecule has 6 nitrogen and oxygen atoms in total. The number of anilines is 2. The quantitative estimate of drug-likeness (QED) is 0.848. The van der Waals surface area contributed by atoms with Crippen LogP contribution in [0.15, 0.2) is 36.4 Å². The van der Waals surface area contributed by atoms with Gasteiger partial charge in [-0.05, 0) is 49.6 Å². The van der Waals surface area contributed by atoms with E-state index < -0.39 is 0 Å². The lowest BCUT2D eigenvalue weighted by molar-refractivity contribution is -0.118. The van der Waals surface area contributed by atoms with Crippen LogP contribution in [0.2, 0.25) is 0 Å². The molecule has 1 heterocycles. The third-order valence-electron chi connectivity index (χ3n) is 4.74. The normalized spacial score (nSPS) is 13.6. The van der Waals surface area contributed by atoms with E-state index in [2.05, 4.69) is 5.32 Å². The molecule has 1 aliphatic rings. The molecule has 3 rings (SSSR count). The average Bonchev–Trinajstić information content (AvgIpc) is 3.08. The Morgan fingerprint density at radius 1 is 1.19 bits per heavy atom. The molecule has 2 aromatic carbocycles. The number of hydrogen-bond acceptors (Lipinski definition) is 4. The van der Waals surface area contributed by atoms with E-state index in [0.29, 0.717) is 30.2 Å². The van der Waals surface area contributed by atoms with Crippen molar-refractivity contribution in [2.45, 2.75) is 26.7 Å². The third-order valence-corrected chi connectivity index (χ3v) is 4.74. The van der Waals surface area contributed by atoms with Crippen molar-refractivity contribution >= 4 is 23.2 Å². The van der Waals surface area contributed by atoms with Crippen LogP contribution in [-0.2, 0) is 9.59 Å². The van der Waals surface area contributed by atoms with Crippen LogP contribution in [0, 0.1) is 13.8 Å². The number of benzene rings is 2. The molecule has 1 N–H and O–H groups in total. The second-order valence-electron chi connectivity index (χ2n) is 6.57. The van der Waals surface area contributed by atoms with Gasteiger partial charge in [-0.25, -0.2) is 0 Å². The number of rotatable bonds is 6. The van der Waals surface area contributed by atoms with Crippen molar-refractivity contribution < 1.29 is 19.1 Å². The second-order valence-corrected chi connectivity index (χ2v) is 6.57. The van der Waals surface area contributed by atoms with Crippen LogP contribution in [-0.4, -0.2) is 32.1 Å². The first kappa shape index (κ1) is 18.8. The molecule has 0 radical (unpaired) electrons. The Morgan fingerprint density at radius 2 is 2.00 bits per heavy atom. The highest BCUT2D eigenvalue weighted by Crippen LogP contribution is 2.33. The molecule has 0 unspecified atom stereocenters. The number of carbonyl (C=O) groups is 2. The third kappa shape index (κ3) is 4.22. The minimum atomic E-state index is -0.261. The van der Waals surface area contributed by atoms with E-state index in [4.69, 9.17) is 9.47 Å². The van der Waals surface area contributed by atoms with Crippen LogP contribution >= 0.6 is 0 Å². The highest BCUT2D eigenvalue weighted by molar-refractivity contribution is 5.98. The van der Waals surface area contributed by atoms with E-state index in [-0.39, 0.29) is 18.4 Å². The monoisotopic (exact) mass is 368 g/mol. The molecule has 27 heavy (non-hydrogen) atoms. The summed E-state index contributed by atoms with van der Waals surface area (Å²) in [6.07, 6.45) is 1.40. The Morgan fingerprint density at radius 3 is 2.70 bits per heavy atom. The Bertz CT molecular complexity index is 863. The van der Waals surface area contributed by atoms with E-state index >= 15 is 0 Å². The molecular weight excluding hydrogens is 344 g/mol.